The summed E-state index contributed by atoms with van der Waals surface area (Å²) in [6, 6.07) is 7.15. The molecule has 2 amide bonds. The van der Waals surface area contributed by atoms with Gasteiger partial charge in [0.1, 0.15) is 0 Å². The number of amides is 2. The highest BCUT2D eigenvalue weighted by Gasteiger charge is 2.25. The van der Waals surface area contributed by atoms with Gasteiger partial charge >= 0.3 is 0 Å². The summed E-state index contributed by atoms with van der Waals surface area (Å²) < 4.78 is 0. The van der Waals surface area contributed by atoms with Crippen LogP contribution in [0.3, 0.4) is 0 Å². The quantitative estimate of drug-likeness (QED) is 0.897. The van der Waals surface area contributed by atoms with Crippen molar-refractivity contribution in [2.45, 2.75) is 33.1 Å². The predicted octanol–water partition coefficient (Wildman–Crippen LogP) is 2.91. The third kappa shape index (κ3) is 3.18. The SMILES string of the molecule is CCN(CC)C(=O)c1ccc(NC(=O)C2CCC2)cc1. The van der Waals surface area contributed by atoms with E-state index in [2.05, 4.69) is 5.32 Å². The second-order valence-electron chi connectivity index (χ2n) is 5.17. The van der Waals surface area contributed by atoms with E-state index in [-0.39, 0.29) is 17.7 Å². The molecule has 0 unspecified atom stereocenters. The first-order valence-electron chi connectivity index (χ1n) is 7.36. The van der Waals surface area contributed by atoms with Crippen LogP contribution in [0, 0.1) is 5.92 Å². The van der Waals surface area contributed by atoms with Gasteiger partial charge in [0.05, 0.1) is 0 Å². The van der Waals surface area contributed by atoms with Crippen LogP contribution in [0.2, 0.25) is 0 Å². The zero-order valence-electron chi connectivity index (χ0n) is 12.2. The van der Waals surface area contributed by atoms with Crippen LogP contribution in [0.5, 0.6) is 0 Å². The van der Waals surface area contributed by atoms with Gasteiger partial charge in [0, 0.05) is 30.3 Å². The summed E-state index contributed by atoms with van der Waals surface area (Å²) in [5, 5.41) is 2.90. The van der Waals surface area contributed by atoms with Crippen molar-refractivity contribution in [1.82, 2.24) is 4.90 Å². The van der Waals surface area contributed by atoms with Crippen molar-refractivity contribution in [2.75, 3.05) is 18.4 Å². The molecule has 0 bridgehead atoms. The van der Waals surface area contributed by atoms with Crippen LogP contribution in [-0.4, -0.2) is 29.8 Å². The van der Waals surface area contributed by atoms with Crippen molar-refractivity contribution in [1.29, 1.82) is 0 Å². The molecule has 0 aromatic heterocycles. The van der Waals surface area contributed by atoms with Crippen molar-refractivity contribution < 1.29 is 9.59 Å². The molecule has 0 radical (unpaired) electrons. The van der Waals surface area contributed by atoms with E-state index in [1.807, 2.05) is 13.8 Å². The van der Waals surface area contributed by atoms with E-state index < -0.39 is 0 Å². The smallest absolute Gasteiger partial charge is 0.253 e. The average molecular weight is 274 g/mol. The number of hydrogen-bond donors (Lipinski definition) is 1. The largest absolute Gasteiger partial charge is 0.339 e. The highest BCUT2D eigenvalue weighted by molar-refractivity contribution is 5.96. The summed E-state index contributed by atoms with van der Waals surface area (Å²) in [6.07, 6.45) is 3.13. The number of nitrogens with zero attached hydrogens (tertiary/aromatic N) is 1. The molecule has 108 valence electrons. The van der Waals surface area contributed by atoms with E-state index in [9.17, 15) is 9.59 Å². The number of nitrogens with one attached hydrogen (secondary N) is 1. The molecule has 4 heteroatoms. The second kappa shape index (κ2) is 6.55. The van der Waals surface area contributed by atoms with Crippen LogP contribution >= 0.6 is 0 Å². The standard InChI is InChI=1S/C16H22N2O2/c1-3-18(4-2)16(20)13-8-10-14(11-9-13)17-15(19)12-6-5-7-12/h8-12H,3-7H2,1-2H3,(H,17,19). The van der Waals surface area contributed by atoms with Crippen LogP contribution in [0.25, 0.3) is 0 Å². The summed E-state index contributed by atoms with van der Waals surface area (Å²) in [5.41, 5.74) is 1.42. The Balaban J connectivity index is 1.98. The minimum atomic E-state index is 0.0341. The topological polar surface area (TPSA) is 49.4 Å². The number of carbonyl (C=O) groups excluding carboxylic acids is 2. The average Bonchev–Trinajstić information content (AvgIpc) is 2.38. The van der Waals surface area contributed by atoms with Gasteiger partial charge in [-0.05, 0) is 51.0 Å². The second-order valence-corrected chi connectivity index (χ2v) is 5.17. The molecule has 2 rings (SSSR count). The third-order valence-electron chi connectivity index (χ3n) is 3.93. The Morgan fingerprint density at radius 1 is 1.15 bits per heavy atom. The molecular weight excluding hydrogens is 252 g/mol. The number of hydrogen-bond acceptors (Lipinski definition) is 2. The maximum atomic E-state index is 12.1. The maximum Gasteiger partial charge on any atom is 0.253 e. The van der Waals surface area contributed by atoms with E-state index in [4.69, 9.17) is 0 Å². The van der Waals surface area contributed by atoms with Crippen molar-refractivity contribution in [3.05, 3.63) is 29.8 Å². The number of anilines is 1. The molecular formula is C16H22N2O2. The van der Waals surface area contributed by atoms with Crippen LogP contribution in [0.4, 0.5) is 5.69 Å². The molecule has 0 spiro atoms. The normalized spacial score (nSPS) is 14.5. The molecule has 1 aliphatic carbocycles. The van der Waals surface area contributed by atoms with Crippen LogP contribution in [0.15, 0.2) is 24.3 Å². The first-order chi connectivity index (χ1) is 9.65. The summed E-state index contributed by atoms with van der Waals surface area (Å²) in [5.74, 6) is 0.304. The Morgan fingerprint density at radius 2 is 1.75 bits per heavy atom. The van der Waals surface area contributed by atoms with E-state index in [1.54, 1.807) is 29.2 Å². The van der Waals surface area contributed by atoms with Gasteiger partial charge in [0.15, 0.2) is 0 Å². The molecule has 20 heavy (non-hydrogen) atoms. The number of benzene rings is 1. The van der Waals surface area contributed by atoms with Crippen LogP contribution in [0.1, 0.15) is 43.5 Å². The van der Waals surface area contributed by atoms with Gasteiger partial charge in [-0.2, -0.15) is 0 Å². The lowest BCUT2D eigenvalue weighted by Gasteiger charge is -2.24. The fraction of sp³-hybridized carbons (Fsp3) is 0.500. The lowest BCUT2D eigenvalue weighted by molar-refractivity contribution is -0.122. The zero-order chi connectivity index (χ0) is 14.5. The minimum Gasteiger partial charge on any atom is -0.339 e. The van der Waals surface area contributed by atoms with Gasteiger partial charge in [0.2, 0.25) is 5.91 Å². The molecule has 1 aliphatic rings. The van der Waals surface area contributed by atoms with Gasteiger partial charge in [-0.3, -0.25) is 9.59 Å². The molecule has 1 N–H and O–H groups in total. The Morgan fingerprint density at radius 3 is 2.20 bits per heavy atom. The molecule has 1 aromatic carbocycles. The van der Waals surface area contributed by atoms with Gasteiger partial charge in [0.25, 0.3) is 5.91 Å². The molecule has 1 saturated carbocycles. The lowest BCUT2D eigenvalue weighted by Crippen LogP contribution is -2.30. The summed E-state index contributed by atoms with van der Waals surface area (Å²) in [6.45, 7) is 5.34. The van der Waals surface area contributed by atoms with E-state index >= 15 is 0 Å². The third-order valence-corrected chi connectivity index (χ3v) is 3.93. The van der Waals surface area contributed by atoms with Crippen molar-refractivity contribution >= 4 is 17.5 Å². The Labute approximate surface area is 120 Å². The van der Waals surface area contributed by atoms with Crippen molar-refractivity contribution in [3.63, 3.8) is 0 Å². The fourth-order valence-electron chi connectivity index (χ4n) is 2.30. The van der Waals surface area contributed by atoms with Gasteiger partial charge < -0.3 is 10.2 Å². The van der Waals surface area contributed by atoms with Gasteiger partial charge in [-0.25, -0.2) is 0 Å². The monoisotopic (exact) mass is 274 g/mol. The van der Waals surface area contributed by atoms with Crippen LogP contribution < -0.4 is 5.32 Å². The molecule has 0 aliphatic heterocycles. The van der Waals surface area contributed by atoms with Crippen LogP contribution in [-0.2, 0) is 4.79 Å². The molecule has 4 nitrogen and oxygen atoms in total. The molecule has 1 aromatic rings. The van der Waals surface area contributed by atoms with E-state index in [1.165, 1.54) is 0 Å². The van der Waals surface area contributed by atoms with Gasteiger partial charge in [-0.1, -0.05) is 6.42 Å². The molecule has 0 heterocycles. The lowest BCUT2D eigenvalue weighted by atomic mass is 9.85. The van der Waals surface area contributed by atoms with Crippen molar-refractivity contribution in [3.8, 4) is 0 Å². The molecule has 0 saturated heterocycles. The van der Waals surface area contributed by atoms with E-state index in [0.717, 1.165) is 24.9 Å². The van der Waals surface area contributed by atoms with Gasteiger partial charge in [-0.15, -0.1) is 0 Å². The fourth-order valence-corrected chi connectivity index (χ4v) is 2.30. The predicted molar refractivity (Wildman–Crippen MR) is 79.7 cm³/mol. The molecule has 0 atom stereocenters. The first kappa shape index (κ1) is 14.6. The van der Waals surface area contributed by atoms with Crippen molar-refractivity contribution in [2.24, 2.45) is 5.92 Å². The minimum absolute atomic E-state index is 0.0341. The zero-order valence-corrected chi connectivity index (χ0v) is 12.2. The summed E-state index contributed by atoms with van der Waals surface area (Å²) in [7, 11) is 0. The Kier molecular flexibility index (Phi) is 4.77. The first-order valence-corrected chi connectivity index (χ1v) is 7.36. The Hall–Kier alpha value is -1.84. The Bertz CT molecular complexity index is 474. The summed E-state index contributed by atoms with van der Waals surface area (Å²) >= 11 is 0. The summed E-state index contributed by atoms with van der Waals surface area (Å²) in [4.78, 5) is 25.8. The maximum absolute atomic E-state index is 12.1. The van der Waals surface area contributed by atoms with E-state index in [0.29, 0.717) is 18.7 Å². The number of rotatable bonds is 5. The number of carbonyl (C=O) groups is 2. The molecule has 1 fully saturated rings. The highest BCUT2D eigenvalue weighted by atomic mass is 16.2. The highest BCUT2D eigenvalue weighted by Crippen LogP contribution is 2.27.